The van der Waals surface area contributed by atoms with Gasteiger partial charge < -0.3 is 33.8 Å². The largest absolute Gasteiger partial charge is 0.472 e. The van der Waals surface area contributed by atoms with Crippen LogP contribution in [0.15, 0.2) is 24.3 Å². The van der Waals surface area contributed by atoms with Crippen molar-refractivity contribution >= 4 is 39.5 Å². The molecule has 0 saturated heterocycles. The van der Waals surface area contributed by atoms with Crippen LogP contribution in [0.25, 0.3) is 0 Å². The van der Waals surface area contributed by atoms with Gasteiger partial charge in [0.1, 0.15) is 19.3 Å². The highest BCUT2D eigenvalue weighted by Crippen LogP contribution is 2.45. The van der Waals surface area contributed by atoms with Gasteiger partial charge in [-0.05, 0) is 69.1 Å². The van der Waals surface area contributed by atoms with Crippen molar-refractivity contribution in [3.8, 4) is 0 Å². The van der Waals surface area contributed by atoms with E-state index in [1.807, 2.05) is 0 Å². The Bertz CT molecular complexity index is 1840. The number of allylic oxidation sites excluding steroid dienone is 4. The predicted octanol–water partition coefficient (Wildman–Crippen LogP) is 19.4. The SMILES string of the molecule is CCCCCC/C=C\C=C/CCCCCCCC(=O)OC[C@H](COP(=O)(O)OC[C@@H](O)COP(=O)(O)OC[C@@H](COC(=O)CCCCCCCCC(C)C)OC(=O)CCCCCCCCCCC(C)CC)OC(=O)CCCCCCCCCCCCC(C)C. The third-order valence-electron chi connectivity index (χ3n) is 15.9. The van der Waals surface area contributed by atoms with Crippen LogP contribution in [0.3, 0.4) is 0 Å². The summed E-state index contributed by atoms with van der Waals surface area (Å²) >= 11 is 0. The molecule has 524 valence electrons. The van der Waals surface area contributed by atoms with Crippen molar-refractivity contribution < 1.29 is 80.2 Å². The maximum absolute atomic E-state index is 13.0. The van der Waals surface area contributed by atoms with Crippen molar-refractivity contribution in [1.82, 2.24) is 0 Å². The zero-order chi connectivity index (χ0) is 65.9. The zero-order valence-electron chi connectivity index (χ0n) is 57.4. The molecule has 0 aromatic heterocycles. The van der Waals surface area contributed by atoms with E-state index in [-0.39, 0.29) is 25.7 Å². The molecular formula is C70H132O17P2. The second-order valence-corrected chi connectivity index (χ2v) is 28.7. The van der Waals surface area contributed by atoms with Crippen LogP contribution >= 0.6 is 15.6 Å². The fourth-order valence-electron chi connectivity index (χ4n) is 9.97. The fraction of sp³-hybridized carbons (Fsp3) is 0.886. The maximum Gasteiger partial charge on any atom is 0.472 e. The van der Waals surface area contributed by atoms with Gasteiger partial charge in [-0.15, -0.1) is 0 Å². The van der Waals surface area contributed by atoms with Crippen molar-refractivity contribution in [2.75, 3.05) is 39.6 Å². The summed E-state index contributed by atoms with van der Waals surface area (Å²) in [4.78, 5) is 72.5. The molecule has 0 fully saturated rings. The molecule has 0 radical (unpaired) electrons. The molecule has 0 aromatic rings. The summed E-state index contributed by atoms with van der Waals surface area (Å²) < 4.78 is 68.2. The summed E-state index contributed by atoms with van der Waals surface area (Å²) in [6, 6.07) is 0. The lowest BCUT2D eigenvalue weighted by Crippen LogP contribution is -2.30. The number of aliphatic hydroxyl groups is 1. The van der Waals surface area contributed by atoms with Gasteiger partial charge in [-0.2, -0.15) is 0 Å². The average molecular weight is 1310 g/mol. The number of phosphoric acid groups is 2. The molecule has 17 nitrogen and oxygen atoms in total. The molecule has 0 aromatic carbocycles. The van der Waals surface area contributed by atoms with E-state index in [4.69, 9.17) is 37.0 Å². The minimum absolute atomic E-state index is 0.0984. The van der Waals surface area contributed by atoms with Crippen LogP contribution in [0.5, 0.6) is 0 Å². The van der Waals surface area contributed by atoms with Crippen LogP contribution in [-0.2, 0) is 65.4 Å². The van der Waals surface area contributed by atoms with Crippen molar-refractivity contribution in [3.05, 3.63) is 24.3 Å². The molecule has 0 aliphatic rings. The van der Waals surface area contributed by atoms with E-state index in [1.165, 1.54) is 109 Å². The highest BCUT2D eigenvalue weighted by Gasteiger charge is 2.30. The number of carbonyl (C=O) groups is 4. The Morgan fingerprint density at radius 1 is 0.371 bits per heavy atom. The summed E-state index contributed by atoms with van der Waals surface area (Å²) in [6.07, 6.45) is 46.7. The molecule has 6 atom stereocenters. The molecule has 19 heteroatoms. The van der Waals surface area contributed by atoms with Crippen LogP contribution in [0, 0.1) is 17.8 Å². The highest BCUT2D eigenvalue weighted by molar-refractivity contribution is 7.47. The van der Waals surface area contributed by atoms with E-state index in [2.05, 4.69) is 72.8 Å². The van der Waals surface area contributed by atoms with Crippen LogP contribution < -0.4 is 0 Å². The number of esters is 4. The average Bonchev–Trinajstić information content (AvgIpc) is 3.57. The first-order valence-electron chi connectivity index (χ1n) is 35.7. The monoisotopic (exact) mass is 1310 g/mol. The van der Waals surface area contributed by atoms with Crippen molar-refractivity contribution in [2.24, 2.45) is 17.8 Å². The van der Waals surface area contributed by atoms with Gasteiger partial charge in [0.25, 0.3) is 0 Å². The number of unbranched alkanes of at least 4 members (excludes halogenated alkanes) is 30. The molecule has 0 saturated carbocycles. The van der Waals surface area contributed by atoms with Crippen LogP contribution in [0.1, 0.15) is 325 Å². The lowest BCUT2D eigenvalue weighted by atomic mass is 9.99. The molecule has 0 heterocycles. The van der Waals surface area contributed by atoms with E-state index >= 15 is 0 Å². The second-order valence-electron chi connectivity index (χ2n) is 25.8. The van der Waals surface area contributed by atoms with Crippen molar-refractivity contribution in [1.29, 1.82) is 0 Å². The van der Waals surface area contributed by atoms with Gasteiger partial charge in [0.05, 0.1) is 26.4 Å². The Hall–Kier alpha value is -2.46. The molecule has 0 aliphatic carbocycles. The lowest BCUT2D eigenvalue weighted by Gasteiger charge is -2.21. The number of hydrogen-bond donors (Lipinski definition) is 3. The van der Waals surface area contributed by atoms with Crippen LogP contribution in [0.4, 0.5) is 0 Å². The Labute approximate surface area is 542 Å². The highest BCUT2D eigenvalue weighted by atomic mass is 31.2. The van der Waals surface area contributed by atoms with Gasteiger partial charge >= 0.3 is 39.5 Å². The van der Waals surface area contributed by atoms with E-state index in [9.17, 15) is 43.2 Å². The molecule has 0 amide bonds. The third-order valence-corrected chi connectivity index (χ3v) is 17.8. The van der Waals surface area contributed by atoms with Gasteiger partial charge in [-0.1, -0.05) is 272 Å². The Morgan fingerprint density at radius 3 is 1.00 bits per heavy atom. The first kappa shape index (κ1) is 86.5. The summed E-state index contributed by atoms with van der Waals surface area (Å²) in [5.74, 6) is 0.0343. The van der Waals surface area contributed by atoms with Crippen molar-refractivity contribution in [2.45, 2.75) is 343 Å². The standard InChI is InChI=1S/C70H132O17P2/c1-8-10-11-12-13-14-15-16-17-18-19-23-29-37-44-51-67(72)80-57-65(86-69(74)53-46-39-30-24-21-20-22-27-34-41-48-61(3)4)59-84-88(76,77)82-55-64(71)56-83-89(78,79)85-60-66(58-81-68(73)52-45-38-33-32-35-42-49-62(5)6)87-70(75)54-47-40-31-26-25-28-36-43-50-63(7)9-2/h14-17,61-66,71H,8-13,18-60H2,1-7H3,(H,76,77)(H,78,79)/b15-14-,17-16-/t63?,64-,65-,66-/m1/s1. The number of aliphatic hydroxyl groups excluding tert-OH is 1. The number of hydrogen-bond acceptors (Lipinski definition) is 15. The maximum atomic E-state index is 13.0. The number of phosphoric ester groups is 2. The van der Waals surface area contributed by atoms with Gasteiger partial charge in [0.15, 0.2) is 12.2 Å². The fourth-order valence-corrected chi connectivity index (χ4v) is 11.5. The minimum atomic E-state index is -4.96. The molecule has 0 rings (SSSR count). The van der Waals surface area contributed by atoms with Gasteiger partial charge in [-0.3, -0.25) is 37.3 Å². The molecule has 0 spiro atoms. The van der Waals surface area contributed by atoms with Crippen LogP contribution in [0.2, 0.25) is 0 Å². The Morgan fingerprint density at radius 2 is 0.663 bits per heavy atom. The van der Waals surface area contributed by atoms with Crippen LogP contribution in [-0.4, -0.2) is 96.7 Å². The molecule has 3 N–H and O–H groups in total. The third kappa shape index (κ3) is 62.7. The topological polar surface area (TPSA) is 237 Å². The molecule has 0 bridgehead atoms. The minimum Gasteiger partial charge on any atom is -0.462 e. The quantitative estimate of drug-likeness (QED) is 0.0169. The van der Waals surface area contributed by atoms with Crippen molar-refractivity contribution in [3.63, 3.8) is 0 Å². The summed E-state index contributed by atoms with van der Waals surface area (Å²) in [7, 11) is -9.91. The zero-order valence-corrected chi connectivity index (χ0v) is 59.2. The molecular weight excluding hydrogens is 1170 g/mol. The Kier molecular flexibility index (Phi) is 58.8. The predicted molar refractivity (Wildman–Crippen MR) is 358 cm³/mol. The summed E-state index contributed by atoms with van der Waals surface area (Å²) in [5, 5.41) is 10.6. The summed E-state index contributed by atoms with van der Waals surface area (Å²) in [6.45, 7) is 11.7. The number of carbonyl (C=O) groups excluding carboxylic acids is 4. The second kappa shape index (κ2) is 60.5. The van der Waals surface area contributed by atoms with Gasteiger partial charge in [-0.25, -0.2) is 9.13 Å². The molecule has 89 heavy (non-hydrogen) atoms. The van der Waals surface area contributed by atoms with E-state index in [0.717, 1.165) is 127 Å². The number of ether oxygens (including phenoxy) is 4. The molecule has 3 unspecified atom stereocenters. The Balaban J connectivity index is 5.29. The summed E-state index contributed by atoms with van der Waals surface area (Å²) in [5.41, 5.74) is 0. The first-order valence-corrected chi connectivity index (χ1v) is 38.7. The van der Waals surface area contributed by atoms with E-state index in [1.54, 1.807) is 0 Å². The van der Waals surface area contributed by atoms with E-state index in [0.29, 0.717) is 31.6 Å². The van der Waals surface area contributed by atoms with Gasteiger partial charge in [0.2, 0.25) is 0 Å². The molecule has 0 aliphatic heterocycles. The number of rotatable bonds is 66. The van der Waals surface area contributed by atoms with E-state index < -0.39 is 97.5 Å². The smallest absolute Gasteiger partial charge is 0.462 e. The van der Waals surface area contributed by atoms with Gasteiger partial charge in [0, 0.05) is 25.7 Å². The first-order chi connectivity index (χ1) is 42.8. The lowest BCUT2D eigenvalue weighted by molar-refractivity contribution is -0.161. The normalized spacial score (nSPS) is 14.7.